The molecule has 5 amide bonds. The number of benzene rings is 2. The number of hydrogen-bond donors (Lipinski definition) is 3. The van der Waals surface area contributed by atoms with E-state index in [0.29, 0.717) is 36.6 Å². The van der Waals surface area contributed by atoms with Crippen molar-refractivity contribution in [3.63, 3.8) is 0 Å². The number of hydrogen-bond acceptors (Lipinski definition) is 5. The number of aryl methyl sites for hydroxylation is 1. The number of nitrogens with one attached hydrogen (secondary N) is 2. The molecule has 1 spiro atoms. The van der Waals surface area contributed by atoms with Gasteiger partial charge in [0.25, 0.3) is 5.91 Å². The number of fused-ring (bicyclic) bond motifs is 2. The van der Waals surface area contributed by atoms with Gasteiger partial charge < -0.3 is 21.3 Å². The van der Waals surface area contributed by atoms with Crippen LogP contribution in [-0.4, -0.2) is 52.2 Å². The van der Waals surface area contributed by atoms with Gasteiger partial charge in [0.2, 0.25) is 11.8 Å². The average molecular weight is 504 g/mol. The molecule has 2 aliphatic carbocycles. The van der Waals surface area contributed by atoms with Gasteiger partial charge in [0.05, 0.1) is 6.04 Å². The van der Waals surface area contributed by atoms with E-state index in [-0.39, 0.29) is 24.4 Å². The molecule has 0 bridgehead atoms. The zero-order chi connectivity index (χ0) is 26.3. The number of carbonyl (C=O) groups is 4. The molecule has 1 saturated carbocycles. The largest absolute Gasteiger partial charge is 0.334 e. The highest BCUT2D eigenvalue weighted by Crippen LogP contribution is 2.42. The van der Waals surface area contributed by atoms with Crippen LogP contribution in [0.5, 0.6) is 0 Å². The lowest BCUT2D eigenvalue weighted by Crippen LogP contribution is -2.47. The second-order valence-corrected chi connectivity index (χ2v) is 10.5. The Hall–Kier alpha value is -3.72. The summed E-state index contributed by atoms with van der Waals surface area (Å²) in [5.41, 5.74) is 7.62. The molecule has 37 heavy (non-hydrogen) atoms. The van der Waals surface area contributed by atoms with Gasteiger partial charge in [0.1, 0.15) is 12.1 Å². The Labute approximate surface area is 216 Å². The van der Waals surface area contributed by atoms with Crippen LogP contribution in [0.4, 0.5) is 10.5 Å². The highest BCUT2D eigenvalue weighted by Gasteiger charge is 2.56. The molecule has 0 radical (unpaired) electrons. The molecule has 4 N–H and O–H groups in total. The van der Waals surface area contributed by atoms with Crippen LogP contribution in [0, 0.1) is 5.92 Å². The molecular formula is C28H33N5O4. The van der Waals surface area contributed by atoms with Crippen LogP contribution < -0.4 is 16.4 Å². The van der Waals surface area contributed by atoms with Crippen molar-refractivity contribution in [2.45, 2.75) is 63.7 Å². The van der Waals surface area contributed by atoms with Crippen molar-refractivity contribution < 1.29 is 19.2 Å². The minimum absolute atomic E-state index is 0.0273. The summed E-state index contributed by atoms with van der Waals surface area (Å²) in [5, 5.41) is 5.65. The molecule has 2 aromatic carbocycles. The molecule has 194 valence electrons. The quantitative estimate of drug-likeness (QED) is 0.478. The summed E-state index contributed by atoms with van der Waals surface area (Å²) in [6.45, 7) is 3.78. The smallest absolute Gasteiger partial charge is 0.325 e. The van der Waals surface area contributed by atoms with Crippen molar-refractivity contribution in [2.75, 3.05) is 11.9 Å². The fourth-order valence-electron chi connectivity index (χ4n) is 5.43. The van der Waals surface area contributed by atoms with Crippen LogP contribution in [0.1, 0.15) is 49.8 Å². The van der Waals surface area contributed by atoms with Gasteiger partial charge in [-0.05, 0) is 74.3 Å². The van der Waals surface area contributed by atoms with Crippen LogP contribution in [0.15, 0.2) is 48.5 Å². The number of anilines is 1. The van der Waals surface area contributed by atoms with Crippen molar-refractivity contribution >= 4 is 29.4 Å². The molecule has 9 nitrogen and oxygen atoms in total. The van der Waals surface area contributed by atoms with Crippen LogP contribution >= 0.6 is 0 Å². The Kier molecular flexibility index (Phi) is 6.49. The van der Waals surface area contributed by atoms with Crippen molar-refractivity contribution in [2.24, 2.45) is 11.7 Å². The number of rotatable bonds is 8. The molecule has 3 aliphatic rings. The van der Waals surface area contributed by atoms with Crippen molar-refractivity contribution in [3.8, 4) is 0 Å². The van der Waals surface area contributed by atoms with E-state index in [0.717, 1.165) is 28.9 Å². The summed E-state index contributed by atoms with van der Waals surface area (Å²) in [7, 11) is 0. The second-order valence-electron chi connectivity index (χ2n) is 10.5. The number of carbonyl (C=O) groups excluding carboxylic acids is 4. The first-order valence-corrected chi connectivity index (χ1v) is 12.9. The summed E-state index contributed by atoms with van der Waals surface area (Å²) in [6, 6.07) is 13.9. The molecule has 1 heterocycles. The summed E-state index contributed by atoms with van der Waals surface area (Å²) >= 11 is 0. The average Bonchev–Trinajstić information content (AvgIpc) is 3.63. The van der Waals surface area contributed by atoms with Crippen LogP contribution in [0.25, 0.3) is 0 Å². The Morgan fingerprint density at radius 1 is 1.16 bits per heavy atom. The third-order valence-corrected chi connectivity index (χ3v) is 7.80. The fraction of sp³-hybridized carbons (Fsp3) is 0.429. The van der Waals surface area contributed by atoms with Gasteiger partial charge in [0.15, 0.2) is 0 Å². The van der Waals surface area contributed by atoms with Gasteiger partial charge in [-0.1, -0.05) is 36.4 Å². The number of imide groups is 1. The lowest BCUT2D eigenvalue weighted by Gasteiger charge is -2.31. The van der Waals surface area contributed by atoms with E-state index in [2.05, 4.69) is 10.6 Å². The molecule has 1 aliphatic heterocycles. The van der Waals surface area contributed by atoms with E-state index in [4.69, 9.17) is 5.73 Å². The highest BCUT2D eigenvalue weighted by atomic mass is 16.2. The molecule has 5 rings (SSSR count). The van der Waals surface area contributed by atoms with E-state index in [9.17, 15) is 19.2 Å². The standard InChI is InChI=1S/C28H33N5O4/c1-17(29)25(35)30-22-10-11-23-21(14-22)12-13-28(23)26(36)33(27(37)31-28)16-24(34)32(18(2)20-8-9-20)15-19-6-4-3-5-7-19/h3-7,10-11,14,17-18,20H,8-9,12-13,15-16,29H2,1-2H3,(H,30,35)(H,31,37)/t17-,18-,28-/m0/s1. The van der Waals surface area contributed by atoms with E-state index < -0.39 is 23.5 Å². The van der Waals surface area contributed by atoms with Gasteiger partial charge in [-0.2, -0.15) is 0 Å². The summed E-state index contributed by atoms with van der Waals surface area (Å²) in [5.74, 6) is -0.504. The normalized spacial score (nSPS) is 22.0. The number of urea groups is 1. The van der Waals surface area contributed by atoms with Gasteiger partial charge >= 0.3 is 6.03 Å². The lowest BCUT2D eigenvalue weighted by atomic mass is 9.91. The Balaban J connectivity index is 1.34. The molecule has 1 saturated heterocycles. The second kappa shape index (κ2) is 9.63. The maximum atomic E-state index is 13.7. The number of amides is 5. The lowest BCUT2D eigenvalue weighted by molar-refractivity contribution is -0.141. The van der Waals surface area contributed by atoms with E-state index in [1.807, 2.05) is 43.3 Å². The third-order valence-electron chi connectivity index (χ3n) is 7.80. The van der Waals surface area contributed by atoms with E-state index in [1.165, 1.54) is 0 Å². The molecule has 2 aromatic rings. The zero-order valence-electron chi connectivity index (χ0n) is 21.2. The van der Waals surface area contributed by atoms with Crippen LogP contribution in [0.3, 0.4) is 0 Å². The van der Waals surface area contributed by atoms with Gasteiger partial charge in [-0.15, -0.1) is 0 Å². The molecule has 9 heteroatoms. The van der Waals surface area contributed by atoms with Crippen LogP contribution in [0.2, 0.25) is 0 Å². The fourth-order valence-corrected chi connectivity index (χ4v) is 5.43. The minimum Gasteiger partial charge on any atom is -0.334 e. The van der Waals surface area contributed by atoms with Crippen LogP contribution in [-0.2, 0) is 32.9 Å². The Morgan fingerprint density at radius 3 is 2.57 bits per heavy atom. The molecule has 2 fully saturated rings. The number of nitrogens with two attached hydrogens (primary N) is 1. The highest BCUT2D eigenvalue weighted by molar-refractivity contribution is 6.10. The van der Waals surface area contributed by atoms with Gasteiger partial charge in [-0.25, -0.2) is 4.79 Å². The maximum Gasteiger partial charge on any atom is 0.325 e. The SMILES string of the molecule is C[C@H](N)C(=O)Nc1ccc2c(c1)CC[C@]21NC(=O)N(CC(=O)N(Cc2ccccc2)[C@@H](C)C2CC2)C1=O. The van der Waals surface area contributed by atoms with Gasteiger partial charge in [0, 0.05) is 18.3 Å². The Bertz CT molecular complexity index is 1240. The summed E-state index contributed by atoms with van der Waals surface area (Å²) < 4.78 is 0. The first kappa shape index (κ1) is 25.0. The van der Waals surface area contributed by atoms with Crippen molar-refractivity contribution in [3.05, 3.63) is 65.2 Å². The molecule has 0 unspecified atom stereocenters. The maximum absolute atomic E-state index is 13.7. The van der Waals surface area contributed by atoms with Crippen molar-refractivity contribution in [1.29, 1.82) is 0 Å². The molecular weight excluding hydrogens is 470 g/mol. The van der Waals surface area contributed by atoms with Gasteiger partial charge in [-0.3, -0.25) is 19.3 Å². The summed E-state index contributed by atoms with van der Waals surface area (Å²) in [4.78, 5) is 55.1. The number of nitrogens with zero attached hydrogens (tertiary/aromatic N) is 2. The zero-order valence-corrected chi connectivity index (χ0v) is 21.2. The molecule has 0 aromatic heterocycles. The summed E-state index contributed by atoms with van der Waals surface area (Å²) in [6.07, 6.45) is 3.11. The monoisotopic (exact) mass is 503 g/mol. The minimum atomic E-state index is -1.19. The molecule has 3 atom stereocenters. The predicted molar refractivity (Wildman–Crippen MR) is 138 cm³/mol. The predicted octanol–water partition coefficient (Wildman–Crippen LogP) is 2.49. The first-order valence-electron chi connectivity index (χ1n) is 12.9. The van der Waals surface area contributed by atoms with E-state index in [1.54, 1.807) is 24.0 Å². The third kappa shape index (κ3) is 4.71. The topological polar surface area (TPSA) is 125 Å². The first-order chi connectivity index (χ1) is 17.7. The van der Waals surface area contributed by atoms with Crippen molar-refractivity contribution in [1.82, 2.24) is 15.1 Å². The Morgan fingerprint density at radius 2 is 1.89 bits per heavy atom. The van der Waals surface area contributed by atoms with E-state index >= 15 is 0 Å².